The summed E-state index contributed by atoms with van der Waals surface area (Å²) in [7, 11) is 0. The van der Waals surface area contributed by atoms with Crippen LogP contribution in [0.15, 0.2) is 11.6 Å². The Balaban J connectivity index is 2.04. The number of hydrogen-bond acceptors (Lipinski definition) is 2. The molecule has 18 heavy (non-hydrogen) atoms. The summed E-state index contributed by atoms with van der Waals surface area (Å²) >= 11 is 0. The molecule has 2 fully saturated rings. The minimum Gasteiger partial charge on any atom is -0.300 e. The Morgan fingerprint density at radius 2 is 1.94 bits per heavy atom. The molecule has 0 aromatic carbocycles. The molecule has 98 valence electrons. The highest BCUT2D eigenvalue weighted by Gasteiger charge is 2.54. The summed E-state index contributed by atoms with van der Waals surface area (Å²) in [6.07, 6.45) is 8.31. The van der Waals surface area contributed by atoms with Gasteiger partial charge in [0.05, 0.1) is 0 Å². The van der Waals surface area contributed by atoms with Gasteiger partial charge in [-0.25, -0.2) is 0 Å². The molecule has 0 aromatic rings. The van der Waals surface area contributed by atoms with Crippen molar-refractivity contribution in [3.63, 3.8) is 0 Å². The smallest absolute Gasteiger partial charge is 0.143 e. The lowest BCUT2D eigenvalue weighted by molar-refractivity contribution is -0.132. The van der Waals surface area contributed by atoms with Gasteiger partial charge in [0, 0.05) is 24.7 Å². The summed E-state index contributed by atoms with van der Waals surface area (Å²) in [5, 5.41) is 0. The van der Waals surface area contributed by atoms with Crippen molar-refractivity contribution in [2.75, 3.05) is 0 Å². The predicted molar refractivity (Wildman–Crippen MR) is 70.1 cm³/mol. The van der Waals surface area contributed by atoms with Crippen molar-refractivity contribution < 1.29 is 9.59 Å². The molecule has 2 saturated carbocycles. The number of carbonyl (C=O) groups is 2. The summed E-state index contributed by atoms with van der Waals surface area (Å²) in [4.78, 5) is 24.0. The second-order valence-corrected chi connectivity index (χ2v) is 6.81. The maximum Gasteiger partial charge on any atom is 0.143 e. The van der Waals surface area contributed by atoms with Gasteiger partial charge in [-0.15, -0.1) is 0 Å². The quantitative estimate of drug-likeness (QED) is 0.613. The van der Waals surface area contributed by atoms with Crippen LogP contribution in [0.4, 0.5) is 0 Å². The number of carbonyl (C=O) groups excluding carboxylic acids is 2. The van der Waals surface area contributed by atoms with E-state index in [1.165, 1.54) is 5.57 Å². The van der Waals surface area contributed by atoms with Crippen molar-refractivity contribution in [1.82, 2.24) is 0 Å². The molecular weight excluding hydrogens is 224 g/mol. The van der Waals surface area contributed by atoms with Crippen LogP contribution >= 0.6 is 0 Å². The molecule has 0 heterocycles. The zero-order valence-corrected chi connectivity index (χ0v) is 11.4. The maximum atomic E-state index is 12.3. The first-order chi connectivity index (χ1) is 8.47. The van der Waals surface area contributed by atoms with Gasteiger partial charge >= 0.3 is 0 Å². The highest BCUT2D eigenvalue weighted by Crippen LogP contribution is 2.60. The highest BCUT2D eigenvalue weighted by atomic mass is 16.1. The highest BCUT2D eigenvalue weighted by molar-refractivity contribution is 5.90. The molecule has 0 spiro atoms. The van der Waals surface area contributed by atoms with E-state index in [2.05, 4.69) is 19.9 Å². The van der Waals surface area contributed by atoms with Gasteiger partial charge in [-0.1, -0.05) is 18.6 Å². The van der Waals surface area contributed by atoms with Gasteiger partial charge in [0.2, 0.25) is 0 Å². The molecule has 0 amide bonds. The van der Waals surface area contributed by atoms with Crippen LogP contribution in [0.2, 0.25) is 0 Å². The lowest BCUT2D eigenvalue weighted by atomic mass is 9.49. The largest absolute Gasteiger partial charge is 0.300 e. The van der Waals surface area contributed by atoms with E-state index in [0.717, 1.165) is 32.1 Å². The SMILES string of the molecule is CC12CCC3CC(=O)CCC3(C)C1=CCCC2=O. The third kappa shape index (κ3) is 1.47. The van der Waals surface area contributed by atoms with Crippen molar-refractivity contribution in [1.29, 1.82) is 0 Å². The molecule has 2 nitrogen and oxygen atoms in total. The van der Waals surface area contributed by atoms with Gasteiger partial charge in [0.25, 0.3) is 0 Å². The Labute approximate surface area is 109 Å². The Morgan fingerprint density at radius 1 is 1.17 bits per heavy atom. The predicted octanol–water partition coefficient (Wildman–Crippen LogP) is 3.45. The Morgan fingerprint density at radius 3 is 2.72 bits per heavy atom. The number of ketones is 2. The van der Waals surface area contributed by atoms with Crippen molar-refractivity contribution >= 4 is 11.6 Å². The summed E-state index contributed by atoms with van der Waals surface area (Å²) in [6, 6.07) is 0. The van der Waals surface area contributed by atoms with Crippen LogP contribution in [0.3, 0.4) is 0 Å². The van der Waals surface area contributed by atoms with Crippen LogP contribution in [-0.2, 0) is 9.59 Å². The fourth-order valence-electron chi connectivity index (χ4n) is 4.58. The van der Waals surface area contributed by atoms with E-state index in [0.29, 0.717) is 30.3 Å². The summed E-state index contributed by atoms with van der Waals surface area (Å²) < 4.78 is 0. The summed E-state index contributed by atoms with van der Waals surface area (Å²) in [6.45, 7) is 4.43. The second-order valence-electron chi connectivity index (χ2n) is 6.81. The Bertz CT molecular complexity index is 448. The van der Waals surface area contributed by atoms with E-state index in [-0.39, 0.29) is 10.8 Å². The van der Waals surface area contributed by atoms with Gasteiger partial charge < -0.3 is 0 Å². The van der Waals surface area contributed by atoms with Gasteiger partial charge in [-0.2, -0.15) is 0 Å². The molecule has 3 unspecified atom stereocenters. The number of allylic oxidation sites excluding steroid dienone is 2. The van der Waals surface area contributed by atoms with Crippen LogP contribution < -0.4 is 0 Å². The number of Topliss-reactive ketones (excluding diaryl/α,β-unsaturated/α-hetero) is 2. The molecular formula is C16H22O2. The van der Waals surface area contributed by atoms with Crippen LogP contribution in [0.5, 0.6) is 0 Å². The van der Waals surface area contributed by atoms with E-state index in [4.69, 9.17) is 0 Å². The molecule has 2 heteroatoms. The normalized spacial score (nSPS) is 44.1. The van der Waals surface area contributed by atoms with Crippen molar-refractivity contribution in [3.8, 4) is 0 Å². The number of fused-ring (bicyclic) bond motifs is 3. The molecule has 3 atom stereocenters. The molecule has 0 N–H and O–H groups in total. The van der Waals surface area contributed by atoms with Crippen LogP contribution in [-0.4, -0.2) is 11.6 Å². The molecule has 0 aliphatic heterocycles. The van der Waals surface area contributed by atoms with Crippen molar-refractivity contribution in [2.24, 2.45) is 16.7 Å². The van der Waals surface area contributed by atoms with Crippen LogP contribution in [0.25, 0.3) is 0 Å². The third-order valence-electron chi connectivity index (χ3n) is 5.84. The molecule has 3 rings (SSSR count). The molecule has 0 saturated heterocycles. The van der Waals surface area contributed by atoms with Crippen LogP contribution in [0.1, 0.15) is 58.8 Å². The average molecular weight is 246 g/mol. The minimum atomic E-state index is -0.218. The zero-order valence-electron chi connectivity index (χ0n) is 11.4. The van der Waals surface area contributed by atoms with Crippen LogP contribution in [0, 0.1) is 16.7 Å². The Kier molecular flexibility index (Phi) is 2.55. The fraction of sp³-hybridized carbons (Fsp3) is 0.750. The van der Waals surface area contributed by atoms with E-state index in [1.54, 1.807) is 0 Å². The summed E-state index contributed by atoms with van der Waals surface area (Å²) in [5.41, 5.74) is 1.26. The summed E-state index contributed by atoms with van der Waals surface area (Å²) in [5.74, 6) is 1.32. The molecule has 0 radical (unpaired) electrons. The van der Waals surface area contributed by atoms with E-state index in [1.807, 2.05) is 0 Å². The van der Waals surface area contributed by atoms with Gasteiger partial charge in [0.1, 0.15) is 11.6 Å². The van der Waals surface area contributed by atoms with Gasteiger partial charge in [-0.3, -0.25) is 9.59 Å². The third-order valence-corrected chi connectivity index (χ3v) is 5.84. The standard InChI is InChI=1S/C16H22O2/c1-15-9-7-12(17)10-11(15)6-8-16(2)13(15)4-3-5-14(16)18/h4,11H,3,5-10H2,1-2H3. The molecule has 0 aromatic heterocycles. The number of hydrogen-bond donors (Lipinski definition) is 0. The maximum absolute atomic E-state index is 12.3. The van der Waals surface area contributed by atoms with E-state index < -0.39 is 0 Å². The monoisotopic (exact) mass is 246 g/mol. The van der Waals surface area contributed by atoms with Gasteiger partial charge in [-0.05, 0) is 43.9 Å². The molecule has 0 bridgehead atoms. The van der Waals surface area contributed by atoms with Crippen molar-refractivity contribution in [3.05, 3.63) is 11.6 Å². The lowest BCUT2D eigenvalue weighted by Gasteiger charge is -2.54. The number of rotatable bonds is 0. The van der Waals surface area contributed by atoms with Crippen molar-refractivity contribution in [2.45, 2.75) is 58.8 Å². The first kappa shape index (κ1) is 12.1. The average Bonchev–Trinajstić information content (AvgIpc) is 2.33. The van der Waals surface area contributed by atoms with E-state index >= 15 is 0 Å². The van der Waals surface area contributed by atoms with E-state index in [9.17, 15) is 9.59 Å². The molecule has 3 aliphatic rings. The fourth-order valence-corrected chi connectivity index (χ4v) is 4.58. The molecule has 3 aliphatic carbocycles. The second kappa shape index (κ2) is 3.79. The topological polar surface area (TPSA) is 34.1 Å². The van der Waals surface area contributed by atoms with Gasteiger partial charge in [0.15, 0.2) is 0 Å². The first-order valence-corrected chi connectivity index (χ1v) is 7.23. The minimum absolute atomic E-state index is 0.108. The first-order valence-electron chi connectivity index (χ1n) is 7.23. The zero-order chi connectivity index (χ0) is 13.0. The lowest BCUT2D eigenvalue weighted by Crippen LogP contribution is -2.49. The Hall–Kier alpha value is -0.920.